The van der Waals surface area contributed by atoms with Gasteiger partial charge in [-0.15, -0.1) is 10.2 Å². The van der Waals surface area contributed by atoms with E-state index in [1.165, 1.54) is 20.0 Å². The number of hydrogen-bond donors (Lipinski definition) is 0. The van der Waals surface area contributed by atoms with Crippen molar-refractivity contribution in [1.29, 1.82) is 0 Å². The van der Waals surface area contributed by atoms with Crippen LogP contribution in [0.25, 0.3) is 0 Å². The van der Waals surface area contributed by atoms with Crippen molar-refractivity contribution in [3.63, 3.8) is 0 Å². The monoisotopic (exact) mass is 181 g/mol. The van der Waals surface area contributed by atoms with Crippen LogP contribution in [0.2, 0.25) is 0 Å². The molecular weight excluding hydrogens is 170 g/mol. The molecule has 13 heavy (non-hydrogen) atoms. The summed E-state index contributed by atoms with van der Waals surface area (Å²) in [6.45, 7) is 1.99. The van der Waals surface area contributed by atoms with Crippen molar-refractivity contribution in [2.75, 3.05) is 25.1 Å². The lowest BCUT2D eigenvalue weighted by Crippen LogP contribution is -2.21. The van der Waals surface area contributed by atoms with E-state index < -0.39 is 0 Å². The largest absolute Gasteiger partial charge is 0.465 e. The number of ether oxygens (including phenoxy) is 1. The minimum atomic E-state index is 0.211. The maximum Gasteiger partial charge on any atom is 0.354 e. The van der Waals surface area contributed by atoms with E-state index in [1.54, 1.807) is 0 Å². The lowest BCUT2D eigenvalue weighted by Gasteiger charge is -2.12. The average Bonchev–Trinajstić information content (AvgIpc) is 2.71. The molecule has 0 bridgehead atoms. The number of nitrogens with zero attached hydrogens (tertiary/aromatic N) is 5. The highest BCUT2D eigenvalue weighted by Gasteiger charge is 2.15. The molecule has 6 nitrogen and oxygen atoms in total. The predicted molar refractivity (Wildman–Crippen MR) is 45.6 cm³/mol. The number of anilines is 1. The van der Waals surface area contributed by atoms with Crippen LogP contribution >= 0.6 is 0 Å². The molecule has 0 radical (unpaired) electrons. The fourth-order valence-electron chi connectivity index (χ4n) is 1.34. The van der Waals surface area contributed by atoms with Gasteiger partial charge in [0.1, 0.15) is 0 Å². The second-order valence-electron chi connectivity index (χ2n) is 2.88. The van der Waals surface area contributed by atoms with Crippen LogP contribution in [-0.4, -0.2) is 40.6 Å². The number of aromatic nitrogens is 4. The minimum Gasteiger partial charge on any atom is -0.465 e. The molecule has 0 atom stereocenters. The van der Waals surface area contributed by atoms with E-state index in [-0.39, 0.29) is 6.01 Å². The van der Waals surface area contributed by atoms with Crippen molar-refractivity contribution < 1.29 is 4.74 Å². The normalized spacial score (nSPS) is 16.2. The van der Waals surface area contributed by atoms with Crippen LogP contribution < -0.4 is 9.64 Å². The van der Waals surface area contributed by atoms with Gasteiger partial charge < -0.3 is 9.64 Å². The molecule has 1 aromatic heterocycles. The second kappa shape index (κ2) is 3.51. The summed E-state index contributed by atoms with van der Waals surface area (Å²) in [6.07, 6.45) is 2.38. The molecule has 1 aromatic rings. The molecule has 0 amide bonds. The molecule has 0 unspecified atom stereocenters. The molecule has 1 aliphatic rings. The molecule has 2 heterocycles. The molecule has 70 valence electrons. The number of rotatable bonds is 2. The van der Waals surface area contributed by atoms with Gasteiger partial charge in [-0.05, 0) is 12.8 Å². The van der Waals surface area contributed by atoms with Crippen molar-refractivity contribution in [3.8, 4) is 6.01 Å². The molecule has 1 fully saturated rings. The Morgan fingerprint density at radius 1 is 1.08 bits per heavy atom. The van der Waals surface area contributed by atoms with Gasteiger partial charge in [-0.2, -0.15) is 0 Å². The highest BCUT2D eigenvalue weighted by molar-refractivity contribution is 5.27. The standard InChI is InChI=1S/C7H11N5O/c1-13-7-10-8-6(9-11-7)12-4-2-3-5-12/h2-5H2,1H3. The maximum atomic E-state index is 4.77. The number of methoxy groups -OCH3 is 1. The van der Waals surface area contributed by atoms with E-state index in [1.807, 2.05) is 0 Å². The zero-order valence-corrected chi connectivity index (χ0v) is 7.47. The van der Waals surface area contributed by atoms with Gasteiger partial charge in [0.05, 0.1) is 7.11 Å². The van der Waals surface area contributed by atoms with E-state index in [9.17, 15) is 0 Å². The first-order valence-corrected chi connectivity index (χ1v) is 4.26. The van der Waals surface area contributed by atoms with Crippen molar-refractivity contribution in [2.45, 2.75) is 12.8 Å². The molecular formula is C7H11N5O. The third kappa shape index (κ3) is 1.66. The maximum absolute atomic E-state index is 4.77. The summed E-state index contributed by atoms with van der Waals surface area (Å²) >= 11 is 0. The summed E-state index contributed by atoms with van der Waals surface area (Å²) in [6, 6.07) is 0.211. The first kappa shape index (κ1) is 8.15. The summed E-state index contributed by atoms with van der Waals surface area (Å²) in [4.78, 5) is 2.07. The van der Waals surface area contributed by atoms with Gasteiger partial charge >= 0.3 is 6.01 Å². The predicted octanol–water partition coefficient (Wildman–Crippen LogP) is -0.125. The Labute approximate surface area is 75.9 Å². The van der Waals surface area contributed by atoms with Crippen molar-refractivity contribution in [3.05, 3.63) is 0 Å². The van der Waals surface area contributed by atoms with E-state index in [2.05, 4.69) is 25.3 Å². The summed E-state index contributed by atoms with van der Waals surface area (Å²) < 4.78 is 4.77. The Bertz CT molecular complexity index is 269. The summed E-state index contributed by atoms with van der Waals surface area (Å²) in [7, 11) is 1.49. The van der Waals surface area contributed by atoms with Crippen LogP contribution in [0.3, 0.4) is 0 Å². The van der Waals surface area contributed by atoms with E-state index in [4.69, 9.17) is 4.74 Å². The molecule has 2 rings (SSSR count). The Kier molecular flexibility index (Phi) is 2.20. The molecule has 0 aromatic carbocycles. The molecule has 1 saturated heterocycles. The van der Waals surface area contributed by atoms with Gasteiger partial charge in [0.15, 0.2) is 0 Å². The van der Waals surface area contributed by atoms with Crippen LogP contribution in [-0.2, 0) is 0 Å². The van der Waals surface area contributed by atoms with Gasteiger partial charge in [-0.1, -0.05) is 10.2 Å². The highest BCUT2D eigenvalue weighted by atomic mass is 16.5. The fourth-order valence-corrected chi connectivity index (χ4v) is 1.34. The van der Waals surface area contributed by atoms with Gasteiger partial charge in [0.2, 0.25) is 0 Å². The lowest BCUT2D eigenvalue weighted by atomic mass is 10.4. The van der Waals surface area contributed by atoms with Crippen LogP contribution in [0.15, 0.2) is 0 Å². The summed E-state index contributed by atoms with van der Waals surface area (Å²) in [5.41, 5.74) is 0. The second-order valence-corrected chi connectivity index (χ2v) is 2.88. The van der Waals surface area contributed by atoms with Gasteiger partial charge in [0, 0.05) is 13.1 Å². The lowest BCUT2D eigenvalue weighted by molar-refractivity contribution is 0.365. The third-order valence-corrected chi connectivity index (χ3v) is 2.02. The smallest absolute Gasteiger partial charge is 0.354 e. The Morgan fingerprint density at radius 3 is 2.23 bits per heavy atom. The van der Waals surface area contributed by atoms with Crippen LogP contribution in [0, 0.1) is 0 Å². The van der Waals surface area contributed by atoms with Crippen molar-refractivity contribution >= 4 is 5.95 Å². The summed E-state index contributed by atoms with van der Waals surface area (Å²) in [5.74, 6) is 0.596. The molecule has 0 saturated carbocycles. The van der Waals surface area contributed by atoms with Gasteiger partial charge in [0.25, 0.3) is 5.95 Å². The van der Waals surface area contributed by atoms with Crippen molar-refractivity contribution in [2.24, 2.45) is 0 Å². The Balaban J connectivity index is 2.12. The molecule has 6 heteroatoms. The quantitative estimate of drug-likeness (QED) is 0.633. The first-order chi connectivity index (χ1) is 6.40. The zero-order valence-electron chi connectivity index (χ0n) is 7.47. The zero-order chi connectivity index (χ0) is 9.10. The van der Waals surface area contributed by atoms with Crippen LogP contribution in [0.4, 0.5) is 5.95 Å². The summed E-state index contributed by atoms with van der Waals surface area (Å²) in [5, 5.41) is 15.3. The molecule has 1 aliphatic heterocycles. The van der Waals surface area contributed by atoms with E-state index in [0.29, 0.717) is 5.95 Å². The van der Waals surface area contributed by atoms with Crippen LogP contribution in [0.1, 0.15) is 12.8 Å². The van der Waals surface area contributed by atoms with Crippen LogP contribution in [0.5, 0.6) is 6.01 Å². The van der Waals surface area contributed by atoms with Gasteiger partial charge in [-0.3, -0.25) is 0 Å². The van der Waals surface area contributed by atoms with E-state index >= 15 is 0 Å². The Hall–Kier alpha value is -1.46. The Morgan fingerprint density at radius 2 is 1.69 bits per heavy atom. The number of hydrogen-bond acceptors (Lipinski definition) is 6. The topological polar surface area (TPSA) is 64.0 Å². The van der Waals surface area contributed by atoms with Gasteiger partial charge in [-0.25, -0.2) is 0 Å². The average molecular weight is 181 g/mol. The third-order valence-electron chi connectivity index (χ3n) is 2.02. The van der Waals surface area contributed by atoms with Crippen molar-refractivity contribution in [1.82, 2.24) is 20.4 Å². The molecule has 0 spiro atoms. The molecule has 0 N–H and O–H groups in total. The van der Waals surface area contributed by atoms with E-state index in [0.717, 1.165) is 13.1 Å². The SMILES string of the molecule is COc1nnc(N2CCCC2)nn1. The minimum absolute atomic E-state index is 0.211. The first-order valence-electron chi connectivity index (χ1n) is 4.26. The highest BCUT2D eigenvalue weighted by Crippen LogP contribution is 2.13. The molecule has 0 aliphatic carbocycles. The fraction of sp³-hybridized carbons (Fsp3) is 0.714.